The largest absolute Gasteiger partial charge is 0.462 e. The third-order valence-electron chi connectivity index (χ3n) is 16.9. The number of thiophene rings is 1. The number of thiazole rings is 1. The minimum atomic E-state index is -0.996. The average Bonchev–Trinajstić information content (AvgIpc) is 1.24. The molecule has 492 valence electrons. The van der Waals surface area contributed by atoms with Gasteiger partial charge in [-0.2, -0.15) is 9.97 Å². The standard InChI is InChI=1S/C66H80ClF2N11O10S2/c1-35(37-14-16-38(17-15-37)54-36(2)71-34-91-54)72-58(83)47-28-42(81)32-79(47)60(84)56(64(3,4)5)73-48(82)23-27-87-26-13-24-77-25-22-41(77)33-88-61-74-52-44(57(75-61)78-30-39-18-19-40(31-78)80(39)63(86)90-66(9,10)11)29-45(67)49(51(52)69)43-20-21-46(68)55-50(43)53(70-12)59(92-55)76-62(85)89-65(6,7)8/h14-17,20-21,29,34-35,39-42,47,56,81H,13,18-19,22-28,30-33H2,1-11H3,(H,72,83)(H,73,82)(H,76,85)/t35-,39?,40?,41-,42+,47-,56+/m0/s1. The summed E-state index contributed by atoms with van der Waals surface area (Å²) in [7, 11) is 0. The number of aliphatic hydroxyl groups is 1. The molecule has 4 aliphatic heterocycles. The monoisotopic (exact) mass is 1320 g/mol. The fourth-order valence-corrected chi connectivity index (χ4v) is 14.5. The van der Waals surface area contributed by atoms with Gasteiger partial charge in [-0.3, -0.25) is 29.5 Å². The number of aryl methyl sites for hydroxylation is 1. The first kappa shape index (κ1) is 67.5. The maximum absolute atomic E-state index is 17.8. The Labute approximate surface area is 547 Å². The van der Waals surface area contributed by atoms with Crippen LogP contribution in [-0.4, -0.2) is 165 Å². The molecule has 6 aromatic rings. The predicted octanol–water partition coefficient (Wildman–Crippen LogP) is 12.0. The Morgan fingerprint density at radius 3 is 2.25 bits per heavy atom. The smallest absolute Gasteiger partial charge is 0.411 e. The first-order chi connectivity index (χ1) is 43.5. The SMILES string of the molecule is [C-]#[N+]c1c(NC(=O)OC(C)(C)C)sc2c(F)ccc(-c3c(Cl)cc4c(N5CC6CCC(C5)N6C(=O)OC(C)(C)C)nc(OC[C@@H]5CCN5CCCOCCC(=O)N[C@H](C(=O)N5C[C@H](O)C[C@H]5C(=O)N[C@@H](C)c5ccc(-c6scnc6C)cc5)C(C)(C)C)nc4c3F)c12. The lowest BCUT2D eigenvalue weighted by Crippen LogP contribution is -2.58. The maximum atomic E-state index is 17.8. The molecule has 3 aromatic carbocycles. The molecule has 21 nitrogen and oxygen atoms in total. The number of hydrogen-bond acceptors (Lipinski definition) is 17. The Morgan fingerprint density at radius 2 is 1.62 bits per heavy atom. The number of β-amino-alcohol motifs (C(OH)–C–C–N with tert-alkyl or cyclic N) is 1. The van der Waals surface area contributed by atoms with E-state index in [0.717, 1.165) is 52.1 Å². The lowest BCUT2D eigenvalue weighted by Gasteiger charge is -2.42. The molecular weight excluding hydrogens is 1240 g/mol. The van der Waals surface area contributed by atoms with Crippen LogP contribution in [0.3, 0.4) is 0 Å². The van der Waals surface area contributed by atoms with Crippen molar-refractivity contribution in [3.05, 3.63) is 87.3 Å². The molecule has 7 atom stereocenters. The van der Waals surface area contributed by atoms with E-state index >= 15 is 8.78 Å². The topological polar surface area (TPSA) is 235 Å². The second-order valence-electron chi connectivity index (χ2n) is 27.2. The van der Waals surface area contributed by atoms with Crippen molar-refractivity contribution in [3.63, 3.8) is 0 Å². The summed E-state index contributed by atoms with van der Waals surface area (Å²) in [5.74, 6) is -2.48. The molecule has 92 heavy (non-hydrogen) atoms. The van der Waals surface area contributed by atoms with Crippen LogP contribution in [0.2, 0.25) is 5.02 Å². The number of carbonyl (C=O) groups is 5. The molecule has 0 saturated carbocycles. The summed E-state index contributed by atoms with van der Waals surface area (Å²) in [6, 6.07) is 8.97. The number of aromatic nitrogens is 3. The van der Waals surface area contributed by atoms with Crippen LogP contribution in [0, 0.1) is 30.5 Å². The van der Waals surface area contributed by atoms with Crippen LogP contribution in [0.1, 0.15) is 125 Å². The minimum Gasteiger partial charge on any atom is -0.462 e. The minimum absolute atomic E-state index is 0.00770. The molecule has 4 aliphatic rings. The number of piperazine rings is 1. The van der Waals surface area contributed by atoms with Crippen LogP contribution >= 0.6 is 34.3 Å². The van der Waals surface area contributed by atoms with Crippen molar-refractivity contribution >= 4 is 102 Å². The second-order valence-corrected chi connectivity index (χ2v) is 29.4. The molecule has 26 heteroatoms. The zero-order chi connectivity index (χ0) is 66.3. The number of benzene rings is 3. The maximum Gasteiger partial charge on any atom is 0.411 e. The summed E-state index contributed by atoms with van der Waals surface area (Å²) in [5.41, 5.74) is 2.01. The van der Waals surface area contributed by atoms with Gasteiger partial charge in [0, 0.05) is 74.6 Å². The predicted molar refractivity (Wildman–Crippen MR) is 350 cm³/mol. The second kappa shape index (κ2) is 27.3. The average molecular weight is 1330 g/mol. The first-order valence-corrected chi connectivity index (χ1v) is 33.2. The summed E-state index contributed by atoms with van der Waals surface area (Å²) in [4.78, 5) is 94.1. The summed E-state index contributed by atoms with van der Waals surface area (Å²) in [6.45, 7) is 30.6. The number of nitrogens with zero attached hydrogens (tertiary/aromatic N) is 8. The molecule has 10 rings (SSSR count). The van der Waals surface area contributed by atoms with Gasteiger partial charge in [-0.1, -0.05) is 62.7 Å². The number of aliphatic hydroxyl groups excluding tert-OH is 1. The van der Waals surface area contributed by atoms with Crippen LogP contribution in [0.25, 0.3) is 47.4 Å². The molecule has 4 saturated heterocycles. The molecule has 5 amide bonds. The van der Waals surface area contributed by atoms with E-state index in [0.29, 0.717) is 51.3 Å². The van der Waals surface area contributed by atoms with E-state index in [1.165, 1.54) is 11.0 Å². The quantitative estimate of drug-likeness (QED) is 0.0436. The van der Waals surface area contributed by atoms with Gasteiger partial charge in [-0.05, 0) is 115 Å². The summed E-state index contributed by atoms with van der Waals surface area (Å²) < 4.78 is 57.1. The van der Waals surface area contributed by atoms with Gasteiger partial charge in [-0.15, -0.1) is 22.7 Å². The van der Waals surface area contributed by atoms with Crippen molar-refractivity contribution in [1.29, 1.82) is 0 Å². The Balaban J connectivity index is 0.778. The number of carbonyl (C=O) groups excluding carboxylic acids is 5. The number of amides is 5. The van der Waals surface area contributed by atoms with Crippen LogP contribution in [0.4, 0.5) is 34.9 Å². The third-order valence-corrected chi connectivity index (χ3v) is 19.3. The Bertz CT molecular complexity index is 3810. The van der Waals surface area contributed by atoms with E-state index in [1.807, 2.05) is 84.6 Å². The highest BCUT2D eigenvalue weighted by Gasteiger charge is 2.47. The highest BCUT2D eigenvalue weighted by Crippen LogP contribution is 2.51. The summed E-state index contributed by atoms with van der Waals surface area (Å²) in [5, 5.41) is 19.5. The highest BCUT2D eigenvalue weighted by atomic mass is 35.5. The number of hydrogen-bond donors (Lipinski definition) is 4. The molecular formula is C66H80ClF2N11O10S2. The fraction of sp³-hybridized carbons (Fsp3) is 0.530. The highest BCUT2D eigenvalue weighted by molar-refractivity contribution is 7.24. The van der Waals surface area contributed by atoms with E-state index in [2.05, 4.69) is 35.7 Å². The van der Waals surface area contributed by atoms with Crippen molar-refractivity contribution in [3.8, 4) is 27.6 Å². The van der Waals surface area contributed by atoms with Gasteiger partial charge in [0.25, 0.3) is 0 Å². The van der Waals surface area contributed by atoms with Gasteiger partial charge in [-0.25, -0.2) is 28.2 Å². The molecule has 2 unspecified atom stereocenters. The number of anilines is 2. The van der Waals surface area contributed by atoms with Gasteiger partial charge < -0.3 is 44.5 Å². The van der Waals surface area contributed by atoms with Gasteiger partial charge in [0.05, 0.1) is 63.2 Å². The van der Waals surface area contributed by atoms with Crippen molar-refractivity contribution in [2.24, 2.45) is 5.41 Å². The molecule has 0 aliphatic carbocycles. The van der Waals surface area contributed by atoms with Gasteiger partial charge >= 0.3 is 18.2 Å². The Hall–Kier alpha value is -7.34. The van der Waals surface area contributed by atoms with Crippen LogP contribution < -0.4 is 25.6 Å². The van der Waals surface area contributed by atoms with Gasteiger partial charge in [0.15, 0.2) is 5.82 Å². The molecule has 0 spiro atoms. The number of likely N-dealkylation sites (tertiary alicyclic amines) is 2. The van der Waals surface area contributed by atoms with E-state index in [9.17, 15) is 29.1 Å². The number of ether oxygens (including phenoxy) is 4. The number of fused-ring (bicyclic) bond motifs is 4. The normalized spacial score (nSPS) is 20.0. The summed E-state index contributed by atoms with van der Waals surface area (Å²) >= 11 is 9.47. The lowest BCUT2D eigenvalue weighted by molar-refractivity contribution is -0.144. The van der Waals surface area contributed by atoms with E-state index in [4.69, 9.17) is 42.1 Å². The van der Waals surface area contributed by atoms with Crippen molar-refractivity contribution in [2.75, 3.05) is 62.8 Å². The molecule has 3 aromatic heterocycles. The van der Waals surface area contributed by atoms with E-state index in [1.54, 1.807) is 48.6 Å². The van der Waals surface area contributed by atoms with Gasteiger partial charge in [0.1, 0.15) is 52.0 Å². The van der Waals surface area contributed by atoms with Crippen LogP contribution in [-0.2, 0) is 28.6 Å². The fourth-order valence-electron chi connectivity index (χ4n) is 12.4. The Morgan fingerprint density at radius 1 is 0.913 bits per heavy atom. The molecule has 2 bridgehead atoms. The van der Waals surface area contributed by atoms with Crippen molar-refractivity contribution in [2.45, 2.75) is 168 Å². The van der Waals surface area contributed by atoms with Crippen molar-refractivity contribution < 1.29 is 56.8 Å². The van der Waals surface area contributed by atoms with E-state index < -0.39 is 76.3 Å². The summed E-state index contributed by atoms with van der Waals surface area (Å²) in [6.07, 6.45) is 0.691. The third kappa shape index (κ3) is 15.0. The van der Waals surface area contributed by atoms with Crippen molar-refractivity contribution in [1.82, 2.24) is 40.3 Å². The van der Waals surface area contributed by atoms with E-state index in [-0.39, 0.29) is 111 Å². The number of rotatable bonds is 19. The number of nitrogens with one attached hydrogen (secondary N) is 3. The molecule has 4 fully saturated rings. The Kier molecular flexibility index (Phi) is 20.1. The molecule has 4 N–H and O–H groups in total. The van der Waals surface area contributed by atoms with Gasteiger partial charge in [0.2, 0.25) is 23.4 Å². The zero-order valence-corrected chi connectivity index (χ0v) is 56.1. The first-order valence-electron chi connectivity index (χ1n) is 31.1. The van der Waals surface area contributed by atoms with Crippen LogP contribution in [0.15, 0.2) is 48.0 Å². The molecule has 7 heterocycles. The van der Waals surface area contributed by atoms with Crippen LogP contribution in [0.5, 0.6) is 6.01 Å². The number of halogens is 3. The molecule has 0 radical (unpaired) electrons. The lowest BCUT2D eigenvalue weighted by atomic mass is 9.85. The zero-order valence-electron chi connectivity index (χ0n) is 53.7.